The molecule has 0 aromatic rings. The molecule has 0 aliphatic heterocycles. The first kappa shape index (κ1) is 11.4. The fourth-order valence-corrected chi connectivity index (χ4v) is 1.43. The van der Waals surface area contributed by atoms with Crippen molar-refractivity contribution in [1.29, 1.82) is 0 Å². The number of allylic oxidation sites excluding steroid dienone is 4. The minimum Gasteiger partial charge on any atom is -0.412 e. The molecule has 2 N–H and O–H groups in total. The lowest BCUT2D eigenvalue weighted by atomic mass is 9.86. The van der Waals surface area contributed by atoms with Crippen LogP contribution in [0.5, 0.6) is 0 Å². The molecule has 0 aromatic heterocycles. The zero-order chi connectivity index (χ0) is 8.27. The molecule has 0 heterocycles. The molecule has 1 aliphatic rings. The van der Waals surface area contributed by atoms with Gasteiger partial charge in [-0.25, -0.2) is 0 Å². The summed E-state index contributed by atoms with van der Waals surface area (Å²) in [5.41, 5.74) is 1.63. The Labute approximate surface area is 75.5 Å². The molecule has 0 aromatic carbocycles. The highest BCUT2D eigenvalue weighted by atomic mass is 16.0. The first-order valence-electron chi connectivity index (χ1n) is 4.57. The van der Waals surface area contributed by atoms with Gasteiger partial charge in [0.15, 0.2) is 0 Å². The van der Waals surface area contributed by atoms with Gasteiger partial charge < -0.3 is 5.48 Å². The normalized spacial score (nSPS) is 18.5. The first-order chi connectivity index (χ1) is 5.22. The maximum absolute atomic E-state index is 2.33. The van der Waals surface area contributed by atoms with Gasteiger partial charge >= 0.3 is 0 Å². The predicted octanol–water partition coefficient (Wildman–Crippen LogP) is 2.73. The molecule has 0 fully saturated rings. The van der Waals surface area contributed by atoms with Crippen LogP contribution >= 0.6 is 0 Å². The zero-order valence-corrected chi connectivity index (χ0v) is 8.30. The van der Waals surface area contributed by atoms with Gasteiger partial charge in [0.05, 0.1) is 0 Å². The van der Waals surface area contributed by atoms with Crippen LogP contribution in [0.2, 0.25) is 0 Å². The van der Waals surface area contributed by atoms with Gasteiger partial charge in [-0.1, -0.05) is 44.6 Å². The van der Waals surface area contributed by atoms with Gasteiger partial charge in [0.2, 0.25) is 0 Å². The molecule has 0 bridgehead atoms. The van der Waals surface area contributed by atoms with Gasteiger partial charge in [0.25, 0.3) is 0 Å². The van der Waals surface area contributed by atoms with Crippen LogP contribution in [0.1, 0.15) is 33.6 Å². The molecule has 0 radical (unpaired) electrons. The first-order valence-corrected chi connectivity index (χ1v) is 4.57. The van der Waals surface area contributed by atoms with Crippen LogP contribution in [-0.4, -0.2) is 5.48 Å². The van der Waals surface area contributed by atoms with Crippen molar-refractivity contribution in [1.82, 2.24) is 0 Å². The van der Waals surface area contributed by atoms with Crippen molar-refractivity contribution in [2.75, 3.05) is 0 Å². The molecule has 1 heteroatoms. The predicted molar refractivity (Wildman–Crippen MR) is 54.1 cm³/mol. The lowest BCUT2D eigenvalue weighted by Gasteiger charge is -2.20. The van der Waals surface area contributed by atoms with E-state index in [4.69, 9.17) is 0 Å². The third-order valence-electron chi connectivity index (χ3n) is 2.63. The Morgan fingerprint density at radius 1 is 1.25 bits per heavy atom. The summed E-state index contributed by atoms with van der Waals surface area (Å²) in [5.74, 6) is 1.55. The maximum atomic E-state index is 2.33. The van der Waals surface area contributed by atoms with Crippen LogP contribution < -0.4 is 0 Å². The van der Waals surface area contributed by atoms with Crippen molar-refractivity contribution in [2.45, 2.75) is 33.6 Å². The summed E-state index contributed by atoms with van der Waals surface area (Å²) >= 11 is 0. The number of rotatable bonds is 2. The maximum Gasteiger partial charge on any atom is -0.0205 e. The van der Waals surface area contributed by atoms with E-state index < -0.39 is 0 Å². The average molecular weight is 168 g/mol. The quantitative estimate of drug-likeness (QED) is 0.607. The minimum absolute atomic E-state index is 0. The molecule has 1 atom stereocenters. The topological polar surface area (TPSA) is 31.5 Å². The van der Waals surface area contributed by atoms with Gasteiger partial charge in [-0.05, 0) is 24.7 Å². The Morgan fingerprint density at radius 3 is 2.33 bits per heavy atom. The standard InChI is InChI=1S/C11H18.H2O/c1-9(2)10(3)11-7-5-4-6-8-11;/h4-5,7,9-10H,6,8H2,1-3H3;1H2. The van der Waals surface area contributed by atoms with Gasteiger partial charge in [0.1, 0.15) is 0 Å². The summed E-state index contributed by atoms with van der Waals surface area (Å²) < 4.78 is 0. The highest BCUT2D eigenvalue weighted by Crippen LogP contribution is 2.25. The summed E-state index contributed by atoms with van der Waals surface area (Å²) in [7, 11) is 0. The molecule has 1 aliphatic carbocycles. The molecular weight excluding hydrogens is 148 g/mol. The van der Waals surface area contributed by atoms with Crippen LogP contribution in [0.25, 0.3) is 0 Å². The highest BCUT2D eigenvalue weighted by Gasteiger charge is 2.12. The van der Waals surface area contributed by atoms with E-state index in [1.54, 1.807) is 5.57 Å². The summed E-state index contributed by atoms with van der Waals surface area (Å²) in [6, 6.07) is 0. The van der Waals surface area contributed by atoms with Crippen LogP contribution in [-0.2, 0) is 0 Å². The molecule has 0 spiro atoms. The Hall–Kier alpha value is -0.560. The van der Waals surface area contributed by atoms with E-state index in [-0.39, 0.29) is 5.48 Å². The lowest BCUT2D eigenvalue weighted by molar-refractivity contribution is 0.466. The second-order valence-corrected chi connectivity index (χ2v) is 3.74. The van der Waals surface area contributed by atoms with Gasteiger partial charge in [-0.3, -0.25) is 0 Å². The minimum atomic E-state index is 0. The van der Waals surface area contributed by atoms with Gasteiger partial charge in [-0.15, -0.1) is 0 Å². The van der Waals surface area contributed by atoms with Crippen molar-refractivity contribution in [3.63, 3.8) is 0 Å². The van der Waals surface area contributed by atoms with E-state index in [0.717, 1.165) is 11.8 Å². The van der Waals surface area contributed by atoms with Crippen molar-refractivity contribution in [3.8, 4) is 0 Å². The summed E-state index contributed by atoms with van der Waals surface area (Å²) in [4.78, 5) is 0. The molecule has 0 saturated heterocycles. The molecule has 0 saturated carbocycles. The van der Waals surface area contributed by atoms with E-state index >= 15 is 0 Å². The number of hydrogen-bond acceptors (Lipinski definition) is 0. The smallest absolute Gasteiger partial charge is 0.0205 e. The molecule has 12 heavy (non-hydrogen) atoms. The zero-order valence-electron chi connectivity index (χ0n) is 8.30. The van der Waals surface area contributed by atoms with Crippen molar-refractivity contribution >= 4 is 0 Å². The van der Waals surface area contributed by atoms with E-state index in [1.807, 2.05) is 0 Å². The van der Waals surface area contributed by atoms with Crippen molar-refractivity contribution in [3.05, 3.63) is 23.8 Å². The molecule has 1 unspecified atom stereocenters. The number of hydrogen-bond donors (Lipinski definition) is 0. The summed E-state index contributed by atoms with van der Waals surface area (Å²) in [6.07, 6.45) is 9.24. The second-order valence-electron chi connectivity index (χ2n) is 3.74. The third-order valence-corrected chi connectivity index (χ3v) is 2.63. The van der Waals surface area contributed by atoms with E-state index in [0.29, 0.717) is 0 Å². The van der Waals surface area contributed by atoms with E-state index in [1.165, 1.54) is 12.8 Å². The summed E-state index contributed by atoms with van der Waals surface area (Å²) in [6.45, 7) is 6.92. The largest absolute Gasteiger partial charge is 0.412 e. The fourth-order valence-electron chi connectivity index (χ4n) is 1.43. The highest BCUT2D eigenvalue weighted by molar-refractivity contribution is 5.19. The SMILES string of the molecule is CC(C)C(C)C1=CC=CCC1.O. The molecule has 1 nitrogen and oxygen atoms in total. The molecule has 1 rings (SSSR count). The van der Waals surface area contributed by atoms with Crippen LogP contribution in [0, 0.1) is 11.8 Å². The monoisotopic (exact) mass is 168 g/mol. The van der Waals surface area contributed by atoms with Crippen molar-refractivity contribution < 1.29 is 5.48 Å². The van der Waals surface area contributed by atoms with Crippen LogP contribution in [0.3, 0.4) is 0 Å². The van der Waals surface area contributed by atoms with Crippen LogP contribution in [0.4, 0.5) is 0 Å². The Morgan fingerprint density at radius 2 is 1.92 bits per heavy atom. The van der Waals surface area contributed by atoms with Gasteiger partial charge in [0, 0.05) is 0 Å². The Balaban J connectivity index is 0.00000121. The Kier molecular flexibility index (Phi) is 4.91. The lowest BCUT2D eigenvalue weighted by Crippen LogP contribution is -2.08. The van der Waals surface area contributed by atoms with Crippen LogP contribution in [0.15, 0.2) is 23.8 Å². The van der Waals surface area contributed by atoms with Crippen molar-refractivity contribution in [2.24, 2.45) is 11.8 Å². The van der Waals surface area contributed by atoms with Gasteiger partial charge in [-0.2, -0.15) is 0 Å². The second kappa shape index (κ2) is 5.15. The van der Waals surface area contributed by atoms with E-state index in [9.17, 15) is 0 Å². The summed E-state index contributed by atoms with van der Waals surface area (Å²) in [5, 5.41) is 0. The fraction of sp³-hybridized carbons (Fsp3) is 0.636. The average Bonchev–Trinajstić information content (AvgIpc) is 2.05. The Bertz CT molecular complexity index is 177. The van der Waals surface area contributed by atoms with E-state index in [2.05, 4.69) is 39.0 Å². The molecule has 70 valence electrons. The third kappa shape index (κ3) is 2.82. The molecular formula is C11H20O. The molecule has 0 amide bonds.